The molecular weight excluding hydrogens is 717 g/mol. The number of aliphatic hydroxyl groups excluding tert-OH is 7. The molecule has 0 aromatic heterocycles. The number of allylic oxidation sites excluding steroid dienone is 5. The molecule has 14 heteroatoms. The summed E-state index contributed by atoms with van der Waals surface area (Å²) in [5, 5.41) is 74.0. The molecule has 0 aliphatic heterocycles. The molecule has 0 radical (unpaired) electrons. The van der Waals surface area contributed by atoms with E-state index in [9.17, 15) is 50.0 Å². The Morgan fingerprint density at radius 2 is 1.09 bits per heavy atom. The minimum absolute atomic E-state index is 0.256. The molecule has 0 spiro atoms. The Balaban J connectivity index is 2.67. The van der Waals surface area contributed by atoms with Crippen LogP contribution in [0, 0.1) is 0 Å². The number of amides is 1. The van der Waals surface area contributed by atoms with Gasteiger partial charge in [0.25, 0.3) is 0 Å². The first-order valence-corrected chi connectivity index (χ1v) is 22.0. The van der Waals surface area contributed by atoms with E-state index in [1.54, 1.807) is 6.08 Å². The van der Waals surface area contributed by atoms with Gasteiger partial charge in [-0.3, -0.25) is 13.8 Å². The number of carbonyl (C=O) groups is 1. The average Bonchev–Trinajstić information content (AvgIpc) is 3.14. The van der Waals surface area contributed by atoms with Gasteiger partial charge in [-0.25, -0.2) is 4.57 Å². The number of phosphoric acid groups is 1. The molecule has 0 heterocycles. The van der Waals surface area contributed by atoms with Gasteiger partial charge in [0.15, 0.2) is 0 Å². The van der Waals surface area contributed by atoms with E-state index in [-0.39, 0.29) is 6.42 Å². The highest BCUT2D eigenvalue weighted by Gasteiger charge is 2.51. The Morgan fingerprint density at radius 3 is 1.63 bits per heavy atom. The number of hydrogen-bond donors (Lipinski definition) is 9. The molecule has 1 saturated carbocycles. The first-order valence-electron chi connectivity index (χ1n) is 20.5. The summed E-state index contributed by atoms with van der Waals surface area (Å²) < 4.78 is 22.7. The summed E-state index contributed by atoms with van der Waals surface area (Å²) in [6.45, 7) is 3.64. The van der Waals surface area contributed by atoms with Crippen molar-refractivity contribution in [3.8, 4) is 0 Å². The van der Waals surface area contributed by atoms with E-state index in [0.717, 1.165) is 44.9 Å². The van der Waals surface area contributed by atoms with Crippen LogP contribution in [0.3, 0.4) is 0 Å². The van der Waals surface area contributed by atoms with Crippen molar-refractivity contribution in [2.75, 3.05) is 6.61 Å². The molecular formula is C40H74NO12P. The maximum atomic E-state index is 12.9. The second-order valence-corrected chi connectivity index (χ2v) is 16.1. The van der Waals surface area contributed by atoms with Crippen LogP contribution in [0.1, 0.15) is 149 Å². The number of hydrogen-bond acceptors (Lipinski definition) is 11. The zero-order valence-corrected chi connectivity index (χ0v) is 33.8. The lowest BCUT2D eigenvalue weighted by molar-refractivity contribution is -0.220. The lowest BCUT2D eigenvalue weighted by Crippen LogP contribution is -2.64. The topological polar surface area (TPSA) is 226 Å². The fourth-order valence-electron chi connectivity index (χ4n) is 6.27. The minimum Gasteiger partial charge on any atom is -0.393 e. The van der Waals surface area contributed by atoms with Crippen LogP contribution in [-0.4, -0.2) is 108 Å². The summed E-state index contributed by atoms with van der Waals surface area (Å²) in [6.07, 6.45) is 18.4. The van der Waals surface area contributed by atoms with E-state index in [1.165, 1.54) is 70.3 Å². The molecule has 9 N–H and O–H groups in total. The smallest absolute Gasteiger partial charge is 0.393 e. The summed E-state index contributed by atoms with van der Waals surface area (Å²) in [7, 11) is -5.14. The predicted molar refractivity (Wildman–Crippen MR) is 210 cm³/mol. The van der Waals surface area contributed by atoms with Crippen molar-refractivity contribution in [1.82, 2.24) is 5.32 Å². The first-order chi connectivity index (χ1) is 25.8. The molecule has 1 aliphatic rings. The highest BCUT2D eigenvalue weighted by Crippen LogP contribution is 2.47. The SMILES string of the molecule is CCCCCCCC/C=C/CC/C=C/CC/C=C/C(O)C(COP(=O)(O)OC1C(O)C(O)C(O)C(O)C1O)NC(=O)CC(O)CCCCCCCCCC. The molecule has 1 fully saturated rings. The van der Waals surface area contributed by atoms with E-state index < -0.39 is 75.2 Å². The standard InChI is InChI=1S/C40H74NO12P/c1-3-5-7-9-11-13-14-15-16-17-18-19-20-22-24-26-28-33(43)32(41-34(44)29-31(42)27-25-23-21-12-10-8-6-4-2)30-52-54(50,51)53-40-38(48)36(46)35(45)37(47)39(40)49/h15-16,19-20,26,28,31-33,35-40,42-43,45-49H,3-14,17-18,21-25,27,29-30H2,1-2H3,(H,41,44)(H,50,51)/b16-15+,20-19+,28-26+. The largest absolute Gasteiger partial charge is 0.472 e. The summed E-state index contributed by atoms with van der Waals surface area (Å²) in [4.78, 5) is 23.2. The summed E-state index contributed by atoms with van der Waals surface area (Å²) >= 11 is 0. The molecule has 8 unspecified atom stereocenters. The van der Waals surface area contributed by atoms with Crippen LogP contribution < -0.4 is 5.32 Å². The van der Waals surface area contributed by atoms with Gasteiger partial charge < -0.3 is 46.0 Å². The number of rotatable bonds is 32. The molecule has 0 saturated heterocycles. The third kappa shape index (κ3) is 22.9. The highest BCUT2D eigenvalue weighted by atomic mass is 31.2. The average molecular weight is 792 g/mol. The van der Waals surface area contributed by atoms with Crippen LogP contribution in [0.4, 0.5) is 0 Å². The van der Waals surface area contributed by atoms with Crippen molar-refractivity contribution < 1.29 is 59.0 Å². The number of carbonyl (C=O) groups excluding carboxylic acids is 1. The van der Waals surface area contributed by atoms with Crippen LogP contribution in [0.5, 0.6) is 0 Å². The predicted octanol–water partition coefficient (Wildman–Crippen LogP) is 5.41. The summed E-state index contributed by atoms with van der Waals surface area (Å²) in [5.74, 6) is -0.612. The van der Waals surface area contributed by atoms with E-state index in [2.05, 4.69) is 43.5 Å². The number of unbranched alkanes of at least 4 members (excludes halogenated alkanes) is 15. The van der Waals surface area contributed by atoms with Gasteiger partial charge >= 0.3 is 7.82 Å². The third-order valence-corrected chi connectivity index (χ3v) is 10.7. The van der Waals surface area contributed by atoms with Crippen LogP contribution >= 0.6 is 7.82 Å². The van der Waals surface area contributed by atoms with Crippen LogP contribution in [0.25, 0.3) is 0 Å². The molecule has 316 valence electrons. The monoisotopic (exact) mass is 791 g/mol. The second kappa shape index (κ2) is 30.6. The van der Waals surface area contributed by atoms with Gasteiger partial charge in [-0.2, -0.15) is 0 Å². The highest BCUT2D eigenvalue weighted by molar-refractivity contribution is 7.47. The van der Waals surface area contributed by atoms with Crippen molar-refractivity contribution in [1.29, 1.82) is 0 Å². The van der Waals surface area contributed by atoms with Gasteiger partial charge in [0.1, 0.15) is 36.6 Å². The van der Waals surface area contributed by atoms with E-state index in [0.29, 0.717) is 19.3 Å². The van der Waals surface area contributed by atoms with Crippen LogP contribution in [0.2, 0.25) is 0 Å². The normalized spacial score (nSPS) is 25.0. The number of nitrogens with one attached hydrogen (secondary N) is 1. The maximum absolute atomic E-state index is 12.9. The Morgan fingerprint density at radius 1 is 0.648 bits per heavy atom. The molecule has 1 amide bonds. The second-order valence-electron chi connectivity index (χ2n) is 14.7. The Labute approximate surface area is 324 Å². The molecule has 54 heavy (non-hydrogen) atoms. The lowest BCUT2D eigenvalue weighted by Gasteiger charge is -2.41. The van der Waals surface area contributed by atoms with Gasteiger partial charge in [-0.1, -0.05) is 134 Å². The fourth-order valence-corrected chi connectivity index (χ4v) is 7.24. The van der Waals surface area contributed by atoms with Gasteiger partial charge in [-0.15, -0.1) is 0 Å². The van der Waals surface area contributed by atoms with Crippen molar-refractivity contribution in [2.45, 2.75) is 204 Å². The Kier molecular flexibility index (Phi) is 28.7. The van der Waals surface area contributed by atoms with Crippen molar-refractivity contribution in [3.05, 3.63) is 36.5 Å². The fraction of sp³-hybridized carbons (Fsp3) is 0.825. The Hall–Kier alpha value is -1.48. The quantitative estimate of drug-likeness (QED) is 0.0237. The van der Waals surface area contributed by atoms with Gasteiger partial charge in [-0.05, 0) is 44.9 Å². The minimum atomic E-state index is -5.14. The number of phosphoric ester groups is 1. The maximum Gasteiger partial charge on any atom is 0.472 e. The zero-order valence-electron chi connectivity index (χ0n) is 32.9. The molecule has 0 aromatic rings. The molecule has 0 aromatic carbocycles. The van der Waals surface area contributed by atoms with E-state index in [4.69, 9.17) is 9.05 Å². The van der Waals surface area contributed by atoms with Gasteiger partial charge in [0.2, 0.25) is 5.91 Å². The van der Waals surface area contributed by atoms with Crippen molar-refractivity contribution >= 4 is 13.7 Å². The van der Waals surface area contributed by atoms with Gasteiger partial charge in [0, 0.05) is 0 Å². The van der Waals surface area contributed by atoms with Crippen LogP contribution in [0.15, 0.2) is 36.5 Å². The summed E-state index contributed by atoms with van der Waals surface area (Å²) in [6, 6.07) is -1.26. The van der Waals surface area contributed by atoms with Gasteiger partial charge in [0.05, 0.1) is 31.3 Å². The van der Waals surface area contributed by atoms with E-state index >= 15 is 0 Å². The molecule has 8 atom stereocenters. The van der Waals surface area contributed by atoms with Crippen molar-refractivity contribution in [2.24, 2.45) is 0 Å². The summed E-state index contributed by atoms with van der Waals surface area (Å²) in [5.41, 5.74) is 0. The Bertz CT molecular complexity index is 1080. The molecule has 0 bridgehead atoms. The number of aliphatic hydroxyl groups is 7. The van der Waals surface area contributed by atoms with E-state index in [1.807, 2.05) is 0 Å². The zero-order chi connectivity index (χ0) is 40.2. The first kappa shape index (κ1) is 50.5. The third-order valence-electron chi connectivity index (χ3n) is 9.71. The lowest BCUT2D eigenvalue weighted by atomic mass is 9.85. The molecule has 13 nitrogen and oxygen atoms in total. The van der Waals surface area contributed by atoms with Crippen molar-refractivity contribution in [3.63, 3.8) is 0 Å². The molecule has 1 aliphatic carbocycles. The molecule has 1 rings (SSSR count). The van der Waals surface area contributed by atoms with Crippen LogP contribution in [-0.2, 0) is 18.4 Å².